The number of ether oxygens (including phenoxy) is 5. The Bertz CT molecular complexity index is 345. The van der Waals surface area contributed by atoms with Crippen LogP contribution in [0.25, 0.3) is 0 Å². The Morgan fingerprint density at radius 1 is 0.833 bits per heavy atom. The molecule has 3 aliphatic rings. The largest absolute Gasteiger partial charge is 0.342 e. The third-order valence-electron chi connectivity index (χ3n) is 3.48. The van der Waals surface area contributed by atoms with E-state index in [2.05, 4.69) is 0 Å². The molecule has 6 heteroatoms. The van der Waals surface area contributed by atoms with Gasteiger partial charge in [-0.1, -0.05) is 0 Å². The summed E-state index contributed by atoms with van der Waals surface area (Å²) in [5.74, 6) is -1.31. The quantitative estimate of drug-likeness (QED) is 0.732. The summed E-state index contributed by atoms with van der Waals surface area (Å²) in [6.45, 7) is 7.86. The molecule has 0 aliphatic carbocycles. The number of hydrogen-bond acceptors (Lipinski definition) is 6. The van der Waals surface area contributed by atoms with Gasteiger partial charge in [0, 0.05) is 6.54 Å². The van der Waals surface area contributed by atoms with Gasteiger partial charge in [-0.2, -0.15) is 0 Å². The second kappa shape index (κ2) is 3.88. The van der Waals surface area contributed by atoms with Crippen LogP contribution in [-0.2, 0) is 23.7 Å². The van der Waals surface area contributed by atoms with E-state index in [1.54, 1.807) is 0 Å². The molecule has 0 aromatic carbocycles. The number of hydrogen-bond donors (Lipinski definition) is 1. The molecule has 0 unspecified atom stereocenters. The summed E-state index contributed by atoms with van der Waals surface area (Å²) >= 11 is 0. The summed E-state index contributed by atoms with van der Waals surface area (Å²) in [7, 11) is 0. The second-order valence-corrected chi connectivity index (χ2v) is 5.94. The molecule has 0 bridgehead atoms. The minimum atomic E-state index is -0.667. The van der Waals surface area contributed by atoms with Crippen molar-refractivity contribution >= 4 is 0 Å². The van der Waals surface area contributed by atoms with Crippen LogP contribution < -0.4 is 5.73 Å². The standard InChI is InChI=1S/C12H21NO5/c1-11(2)15-7-6(5-13)14-10-9(8(7)16-11)17-12(3,4)18-10/h6-10H,5,13H2,1-4H3/t6-,7+,8+,9-,10+/m1/s1. The van der Waals surface area contributed by atoms with Gasteiger partial charge in [0.25, 0.3) is 0 Å². The van der Waals surface area contributed by atoms with Crippen LogP contribution in [0, 0.1) is 0 Å². The minimum absolute atomic E-state index is 0.200. The molecule has 3 saturated heterocycles. The van der Waals surface area contributed by atoms with E-state index in [4.69, 9.17) is 29.4 Å². The molecule has 6 nitrogen and oxygen atoms in total. The minimum Gasteiger partial charge on any atom is -0.342 e. The molecular formula is C12H21NO5. The van der Waals surface area contributed by atoms with Gasteiger partial charge < -0.3 is 29.4 Å². The van der Waals surface area contributed by atoms with Crippen LogP contribution in [0.2, 0.25) is 0 Å². The maximum Gasteiger partial charge on any atom is 0.190 e. The zero-order valence-corrected chi connectivity index (χ0v) is 11.2. The van der Waals surface area contributed by atoms with Crippen molar-refractivity contribution in [2.75, 3.05) is 6.54 Å². The first-order chi connectivity index (χ1) is 8.31. The fraction of sp³-hybridized carbons (Fsp3) is 1.00. The van der Waals surface area contributed by atoms with Crippen LogP contribution in [0.15, 0.2) is 0 Å². The Labute approximate surface area is 107 Å². The van der Waals surface area contributed by atoms with E-state index < -0.39 is 17.9 Å². The van der Waals surface area contributed by atoms with Crippen molar-refractivity contribution in [2.24, 2.45) is 5.73 Å². The molecule has 0 spiro atoms. The van der Waals surface area contributed by atoms with Gasteiger partial charge in [0.1, 0.15) is 24.4 Å². The molecule has 0 saturated carbocycles. The zero-order valence-electron chi connectivity index (χ0n) is 11.2. The third kappa shape index (κ3) is 1.97. The Hall–Kier alpha value is -0.240. The first-order valence-electron chi connectivity index (χ1n) is 6.38. The fourth-order valence-electron chi connectivity index (χ4n) is 2.88. The summed E-state index contributed by atoms with van der Waals surface area (Å²) in [5.41, 5.74) is 5.74. The highest BCUT2D eigenvalue weighted by Crippen LogP contribution is 2.43. The smallest absolute Gasteiger partial charge is 0.190 e. The van der Waals surface area contributed by atoms with Crippen molar-refractivity contribution in [3.63, 3.8) is 0 Å². The monoisotopic (exact) mass is 259 g/mol. The van der Waals surface area contributed by atoms with Crippen LogP contribution in [0.1, 0.15) is 27.7 Å². The van der Waals surface area contributed by atoms with Crippen LogP contribution in [0.4, 0.5) is 0 Å². The van der Waals surface area contributed by atoms with E-state index in [9.17, 15) is 0 Å². The van der Waals surface area contributed by atoms with E-state index in [1.165, 1.54) is 0 Å². The normalized spacial score (nSPS) is 48.8. The molecular weight excluding hydrogens is 238 g/mol. The van der Waals surface area contributed by atoms with Crippen molar-refractivity contribution < 1.29 is 23.7 Å². The Kier molecular flexibility index (Phi) is 2.75. The summed E-state index contributed by atoms with van der Waals surface area (Å²) < 4.78 is 29.2. The Balaban J connectivity index is 1.86. The van der Waals surface area contributed by atoms with E-state index in [-0.39, 0.29) is 24.4 Å². The summed E-state index contributed by atoms with van der Waals surface area (Å²) in [4.78, 5) is 0. The molecule has 2 N–H and O–H groups in total. The summed E-state index contributed by atoms with van der Waals surface area (Å²) in [6, 6.07) is 0. The van der Waals surface area contributed by atoms with Crippen molar-refractivity contribution in [2.45, 2.75) is 70.0 Å². The molecule has 0 aromatic rings. The van der Waals surface area contributed by atoms with E-state index >= 15 is 0 Å². The first-order valence-corrected chi connectivity index (χ1v) is 6.38. The van der Waals surface area contributed by atoms with E-state index in [1.807, 2.05) is 27.7 Å². The number of rotatable bonds is 1. The Morgan fingerprint density at radius 3 is 2.06 bits per heavy atom. The maximum atomic E-state index is 5.93. The maximum absolute atomic E-state index is 5.93. The number of nitrogens with two attached hydrogens (primary N) is 1. The highest BCUT2D eigenvalue weighted by Gasteiger charge is 2.60. The molecule has 18 heavy (non-hydrogen) atoms. The molecule has 0 amide bonds. The lowest BCUT2D eigenvalue weighted by Crippen LogP contribution is -2.57. The first kappa shape index (κ1) is 12.8. The molecule has 0 radical (unpaired) electrons. The predicted octanol–water partition coefficient (Wildman–Crippen LogP) is 0.342. The van der Waals surface area contributed by atoms with Gasteiger partial charge in [0.05, 0.1) is 0 Å². The van der Waals surface area contributed by atoms with Gasteiger partial charge in [-0.3, -0.25) is 0 Å². The molecule has 5 atom stereocenters. The van der Waals surface area contributed by atoms with Gasteiger partial charge in [0.2, 0.25) is 0 Å². The lowest BCUT2D eigenvalue weighted by Gasteiger charge is -2.36. The van der Waals surface area contributed by atoms with Gasteiger partial charge in [-0.05, 0) is 27.7 Å². The lowest BCUT2D eigenvalue weighted by atomic mass is 9.99. The van der Waals surface area contributed by atoms with Crippen molar-refractivity contribution in [1.82, 2.24) is 0 Å². The van der Waals surface area contributed by atoms with Gasteiger partial charge in [-0.15, -0.1) is 0 Å². The van der Waals surface area contributed by atoms with E-state index in [0.29, 0.717) is 6.54 Å². The molecule has 3 heterocycles. The molecule has 3 fully saturated rings. The fourth-order valence-corrected chi connectivity index (χ4v) is 2.88. The van der Waals surface area contributed by atoms with Gasteiger partial charge >= 0.3 is 0 Å². The van der Waals surface area contributed by atoms with Crippen molar-refractivity contribution in [3.05, 3.63) is 0 Å². The predicted molar refractivity (Wildman–Crippen MR) is 61.6 cm³/mol. The SMILES string of the molecule is CC1(C)O[C@H]2[C@@H](O1)[C@@H](CN)O[C@H]1OC(C)(C)O[C@@H]12. The van der Waals surface area contributed by atoms with Crippen LogP contribution >= 0.6 is 0 Å². The van der Waals surface area contributed by atoms with Crippen molar-refractivity contribution in [1.29, 1.82) is 0 Å². The lowest BCUT2D eigenvalue weighted by molar-refractivity contribution is -0.231. The Morgan fingerprint density at radius 2 is 1.39 bits per heavy atom. The molecule has 3 aliphatic heterocycles. The highest BCUT2D eigenvalue weighted by molar-refractivity contribution is 5.00. The number of fused-ring (bicyclic) bond motifs is 3. The van der Waals surface area contributed by atoms with Crippen LogP contribution in [0.5, 0.6) is 0 Å². The van der Waals surface area contributed by atoms with Gasteiger partial charge in [0.15, 0.2) is 17.9 Å². The molecule has 3 rings (SSSR count). The van der Waals surface area contributed by atoms with Gasteiger partial charge in [-0.25, -0.2) is 0 Å². The average Bonchev–Trinajstić information content (AvgIpc) is 2.71. The summed E-state index contributed by atoms with van der Waals surface area (Å²) in [6.07, 6.45) is -1.34. The molecule has 0 aromatic heterocycles. The van der Waals surface area contributed by atoms with Crippen molar-refractivity contribution in [3.8, 4) is 0 Å². The summed E-state index contributed by atoms with van der Waals surface area (Å²) in [5, 5.41) is 0. The zero-order chi connectivity index (χ0) is 13.1. The topological polar surface area (TPSA) is 72.2 Å². The molecule has 104 valence electrons. The highest BCUT2D eigenvalue weighted by atomic mass is 16.9. The van der Waals surface area contributed by atoms with Crippen LogP contribution in [-0.4, -0.2) is 48.8 Å². The van der Waals surface area contributed by atoms with E-state index in [0.717, 1.165) is 0 Å². The third-order valence-corrected chi connectivity index (χ3v) is 3.48. The van der Waals surface area contributed by atoms with Crippen LogP contribution in [0.3, 0.4) is 0 Å². The second-order valence-electron chi connectivity index (χ2n) is 5.94. The average molecular weight is 259 g/mol.